The van der Waals surface area contributed by atoms with Crippen LogP contribution in [0, 0.1) is 17.6 Å². The number of amides is 1. The molecular formula is C30H29F2N3O5. The molecule has 0 bridgehead atoms. The molecule has 2 atom stereocenters. The Morgan fingerprint density at radius 2 is 2.05 bits per heavy atom. The lowest BCUT2D eigenvalue weighted by Crippen LogP contribution is -2.36. The summed E-state index contributed by atoms with van der Waals surface area (Å²) in [5.41, 5.74) is 1.18. The number of fused-ring (bicyclic) bond motifs is 1. The van der Waals surface area contributed by atoms with E-state index in [9.17, 15) is 23.5 Å². The van der Waals surface area contributed by atoms with Gasteiger partial charge >= 0.3 is 0 Å². The lowest BCUT2D eigenvalue weighted by molar-refractivity contribution is 0.0951. The normalized spacial score (nSPS) is 15.7. The van der Waals surface area contributed by atoms with Crippen molar-refractivity contribution in [1.29, 1.82) is 0 Å². The van der Waals surface area contributed by atoms with E-state index < -0.39 is 35.7 Å². The van der Waals surface area contributed by atoms with Gasteiger partial charge in [-0.2, -0.15) is 0 Å². The van der Waals surface area contributed by atoms with Crippen molar-refractivity contribution in [2.24, 2.45) is 5.92 Å². The van der Waals surface area contributed by atoms with Crippen LogP contribution < -0.4 is 15.6 Å². The molecule has 208 valence electrons. The number of ether oxygens (including phenoxy) is 2. The molecule has 1 amide bonds. The molecule has 2 aromatic heterocycles. The fourth-order valence-corrected chi connectivity index (χ4v) is 4.79. The van der Waals surface area contributed by atoms with E-state index in [1.54, 1.807) is 6.20 Å². The molecule has 1 aliphatic rings. The first-order valence-corrected chi connectivity index (χ1v) is 13.1. The lowest BCUT2D eigenvalue weighted by Gasteiger charge is -2.19. The molecule has 0 spiro atoms. The molecule has 0 aliphatic carbocycles. The van der Waals surface area contributed by atoms with Crippen LogP contribution in [0.4, 0.5) is 8.78 Å². The number of benzene rings is 2. The Labute approximate surface area is 229 Å². The Balaban J connectivity index is 1.26. The predicted octanol–water partition coefficient (Wildman–Crippen LogP) is 3.64. The van der Waals surface area contributed by atoms with Crippen molar-refractivity contribution in [2.45, 2.75) is 18.9 Å². The molecule has 2 N–H and O–H groups in total. The Morgan fingerprint density at radius 1 is 1.18 bits per heavy atom. The Bertz CT molecular complexity index is 1570. The van der Waals surface area contributed by atoms with E-state index >= 15 is 0 Å². The fourth-order valence-electron chi connectivity index (χ4n) is 4.79. The van der Waals surface area contributed by atoms with E-state index in [4.69, 9.17) is 9.47 Å². The molecule has 1 aliphatic heterocycles. The number of rotatable bonds is 10. The first-order chi connectivity index (χ1) is 19.4. The number of aromatic nitrogens is 2. The van der Waals surface area contributed by atoms with E-state index in [1.165, 1.54) is 24.4 Å². The average Bonchev–Trinajstić information content (AvgIpc) is 3.49. The van der Waals surface area contributed by atoms with E-state index in [1.807, 2.05) is 24.3 Å². The third-order valence-electron chi connectivity index (χ3n) is 7.02. The molecule has 4 aromatic rings. The van der Waals surface area contributed by atoms with E-state index in [0.717, 1.165) is 51.9 Å². The van der Waals surface area contributed by atoms with Gasteiger partial charge in [-0.25, -0.2) is 8.78 Å². The summed E-state index contributed by atoms with van der Waals surface area (Å²) in [6.07, 6.45) is 4.58. The van der Waals surface area contributed by atoms with Gasteiger partial charge < -0.3 is 24.5 Å². The van der Waals surface area contributed by atoms with Crippen LogP contribution in [-0.2, 0) is 11.2 Å². The maximum Gasteiger partial charge on any atom is 0.264 e. The molecule has 0 radical (unpaired) electrons. The molecule has 5 rings (SSSR count). The number of carbonyl (C=O) groups is 1. The van der Waals surface area contributed by atoms with Crippen molar-refractivity contribution in [2.75, 3.05) is 33.0 Å². The standard InChI is InChI=1S/C30H29F2N3O5/c31-24-5-4-21(15-25(24)32)27(16-36)35-12-1-2-22(30(35)38)29(37)34-10-7-19-3-6-26-23(14-19)28(8-11-33-26)40-18-20-9-13-39-17-20/h1-6,8,11-12,14-15,20,27,36H,7,9-10,13,16-18H2,(H,34,37). The molecule has 2 aromatic carbocycles. The van der Waals surface area contributed by atoms with Gasteiger partial charge in [-0.15, -0.1) is 0 Å². The summed E-state index contributed by atoms with van der Waals surface area (Å²) in [7, 11) is 0. The maximum atomic E-state index is 13.8. The van der Waals surface area contributed by atoms with Crippen LogP contribution in [0.2, 0.25) is 0 Å². The highest BCUT2D eigenvalue weighted by Crippen LogP contribution is 2.26. The van der Waals surface area contributed by atoms with Gasteiger partial charge in [0.25, 0.3) is 11.5 Å². The smallest absolute Gasteiger partial charge is 0.264 e. The molecule has 40 heavy (non-hydrogen) atoms. The summed E-state index contributed by atoms with van der Waals surface area (Å²) < 4.78 is 39.8. The Hall–Kier alpha value is -4.15. The van der Waals surface area contributed by atoms with Gasteiger partial charge in [0.1, 0.15) is 11.3 Å². The van der Waals surface area contributed by atoms with Crippen molar-refractivity contribution < 1.29 is 28.2 Å². The highest BCUT2D eigenvalue weighted by Gasteiger charge is 2.20. The predicted molar refractivity (Wildman–Crippen MR) is 144 cm³/mol. The summed E-state index contributed by atoms with van der Waals surface area (Å²) >= 11 is 0. The van der Waals surface area contributed by atoms with Crippen molar-refractivity contribution in [3.05, 3.63) is 106 Å². The summed E-state index contributed by atoms with van der Waals surface area (Å²) in [5.74, 6) is -1.59. The highest BCUT2D eigenvalue weighted by atomic mass is 19.2. The first kappa shape index (κ1) is 27.4. The number of pyridine rings is 2. The van der Waals surface area contributed by atoms with Crippen LogP contribution in [0.15, 0.2) is 71.8 Å². The summed E-state index contributed by atoms with van der Waals surface area (Å²) in [5, 5.41) is 13.5. The van der Waals surface area contributed by atoms with Gasteiger partial charge in [-0.05, 0) is 66.4 Å². The van der Waals surface area contributed by atoms with Crippen LogP contribution >= 0.6 is 0 Å². The fraction of sp³-hybridized carbons (Fsp3) is 0.300. The Morgan fingerprint density at radius 3 is 2.83 bits per heavy atom. The molecule has 3 heterocycles. The van der Waals surface area contributed by atoms with Crippen LogP contribution in [0.1, 0.15) is 33.9 Å². The molecule has 1 saturated heterocycles. The molecule has 0 saturated carbocycles. The van der Waals surface area contributed by atoms with Gasteiger partial charge in [0.2, 0.25) is 0 Å². The number of halogens is 2. The van der Waals surface area contributed by atoms with E-state index in [0.29, 0.717) is 25.6 Å². The molecular weight excluding hydrogens is 520 g/mol. The SMILES string of the molecule is O=C(NCCc1ccc2nccc(OCC3CCOC3)c2c1)c1cccn(C(CO)c2ccc(F)c(F)c2)c1=O. The number of nitrogens with zero attached hydrogens (tertiary/aromatic N) is 2. The summed E-state index contributed by atoms with van der Waals surface area (Å²) in [4.78, 5) is 30.4. The van der Waals surface area contributed by atoms with Gasteiger partial charge in [-0.3, -0.25) is 14.6 Å². The van der Waals surface area contributed by atoms with Gasteiger partial charge in [0, 0.05) is 36.8 Å². The maximum absolute atomic E-state index is 13.8. The van der Waals surface area contributed by atoms with Crippen LogP contribution in [-0.4, -0.2) is 53.5 Å². The van der Waals surface area contributed by atoms with E-state index in [2.05, 4.69) is 10.3 Å². The lowest BCUT2D eigenvalue weighted by atomic mass is 10.1. The van der Waals surface area contributed by atoms with Crippen molar-refractivity contribution in [3.63, 3.8) is 0 Å². The molecule has 10 heteroatoms. The number of nitrogens with one attached hydrogen (secondary N) is 1. The highest BCUT2D eigenvalue weighted by molar-refractivity contribution is 5.93. The molecule has 8 nitrogen and oxygen atoms in total. The van der Waals surface area contributed by atoms with Crippen molar-refractivity contribution >= 4 is 16.8 Å². The second kappa shape index (κ2) is 12.4. The largest absolute Gasteiger partial charge is 0.492 e. The zero-order valence-electron chi connectivity index (χ0n) is 21.7. The molecule has 1 fully saturated rings. The van der Waals surface area contributed by atoms with Crippen LogP contribution in [0.25, 0.3) is 10.9 Å². The minimum atomic E-state index is -1.09. The molecule has 2 unspecified atom stereocenters. The minimum Gasteiger partial charge on any atom is -0.492 e. The summed E-state index contributed by atoms with van der Waals surface area (Å²) in [6.45, 7) is 1.75. The van der Waals surface area contributed by atoms with E-state index in [-0.39, 0.29) is 17.7 Å². The number of hydrogen-bond donors (Lipinski definition) is 2. The van der Waals surface area contributed by atoms with Crippen molar-refractivity contribution in [1.82, 2.24) is 14.9 Å². The van der Waals surface area contributed by atoms with Crippen molar-refractivity contribution in [3.8, 4) is 5.75 Å². The second-order valence-corrected chi connectivity index (χ2v) is 9.71. The summed E-state index contributed by atoms with van der Waals surface area (Å²) in [6, 6.07) is 12.7. The van der Waals surface area contributed by atoms with Gasteiger partial charge in [-0.1, -0.05) is 12.1 Å². The first-order valence-electron chi connectivity index (χ1n) is 13.1. The number of aliphatic hydroxyl groups is 1. The third kappa shape index (κ3) is 6.03. The zero-order valence-corrected chi connectivity index (χ0v) is 21.7. The topological polar surface area (TPSA) is 103 Å². The quantitative estimate of drug-likeness (QED) is 0.313. The number of carbonyl (C=O) groups excluding carboxylic acids is 1. The van der Waals surface area contributed by atoms with Gasteiger partial charge in [0.05, 0.1) is 31.4 Å². The monoisotopic (exact) mass is 549 g/mol. The third-order valence-corrected chi connectivity index (χ3v) is 7.02. The Kier molecular flexibility index (Phi) is 8.47. The number of hydrogen-bond acceptors (Lipinski definition) is 6. The zero-order chi connectivity index (χ0) is 28.1. The average molecular weight is 550 g/mol. The number of aliphatic hydroxyl groups excluding tert-OH is 1. The van der Waals surface area contributed by atoms with Crippen LogP contribution in [0.5, 0.6) is 5.75 Å². The second-order valence-electron chi connectivity index (χ2n) is 9.71. The van der Waals surface area contributed by atoms with Gasteiger partial charge in [0.15, 0.2) is 11.6 Å². The minimum absolute atomic E-state index is 0.127. The van der Waals surface area contributed by atoms with Crippen LogP contribution in [0.3, 0.4) is 0 Å².